The number of hydrogen-bond donors (Lipinski definition) is 1. The van der Waals surface area contributed by atoms with E-state index in [4.69, 9.17) is 18.9 Å². The van der Waals surface area contributed by atoms with Crippen LogP contribution in [0.15, 0.2) is 27.8 Å². The minimum atomic E-state index is 0. The average molecular weight is 505 g/mol. The monoisotopic (exact) mass is 505 g/mol. The molecular weight excluding hydrogens is 469 g/mol. The molecule has 1 saturated heterocycles. The number of hydrogen-bond acceptors (Lipinski definition) is 4. The molecule has 2 fully saturated rings. The van der Waals surface area contributed by atoms with E-state index in [1.54, 1.807) is 13.4 Å². The predicted octanol–water partition coefficient (Wildman–Crippen LogP) is 3.70. The fraction of sp³-hybridized carbons (Fsp3) is 0.762. The zero-order valence-electron chi connectivity index (χ0n) is 17.1. The van der Waals surface area contributed by atoms with Crippen LogP contribution in [0.1, 0.15) is 44.3 Å². The zero-order chi connectivity index (χ0) is 18.7. The van der Waals surface area contributed by atoms with Gasteiger partial charge >= 0.3 is 0 Å². The van der Waals surface area contributed by atoms with E-state index >= 15 is 0 Å². The summed E-state index contributed by atoms with van der Waals surface area (Å²) in [6, 6.07) is 3.94. The number of piperidine rings is 1. The maximum Gasteiger partial charge on any atom is 0.194 e. The lowest BCUT2D eigenvalue weighted by Crippen LogP contribution is -2.47. The molecule has 0 aromatic carbocycles. The number of halogens is 1. The maximum atomic E-state index is 6.20. The van der Waals surface area contributed by atoms with E-state index in [0.29, 0.717) is 19.3 Å². The van der Waals surface area contributed by atoms with Crippen LogP contribution in [0, 0.1) is 5.92 Å². The summed E-state index contributed by atoms with van der Waals surface area (Å²) in [5.74, 6) is 2.78. The first kappa shape index (κ1) is 23.5. The SMILES string of the molecule is COCCN=C(NCCc1ccco1)N1CCC(OCC2CCCC2)CC1.I. The Bertz CT molecular complexity index is 539. The Morgan fingerprint density at radius 2 is 2.04 bits per heavy atom. The van der Waals surface area contributed by atoms with Gasteiger partial charge in [0.05, 0.1) is 25.5 Å². The summed E-state index contributed by atoms with van der Waals surface area (Å²) in [5.41, 5.74) is 0. The number of ether oxygens (including phenoxy) is 2. The van der Waals surface area contributed by atoms with Crippen LogP contribution < -0.4 is 5.32 Å². The van der Waals surface area contributed by atoms with E-state index in [9.17, 15) is 0 Å². The van der Waals surface area contributed by atoms with Crippen molar-refractivity contribution in [3.05, 3.63) is 24.2 Å². The van der Waals surface area contributed by atoms with Crippen molar-refractivity contribution in [2.45, 2.75) is 51.0 Å². The van der Waals surface area contributed by atoms with E-state index in [1.807, 2.05) is 12.1 Å². The lowest BCUT2D eigenvalue weighted by atomic mass is 10.1. The summed E-state index contributed by atoms with van der Waals surface area (Å²) >= 11 is 0. The maximum absolute atomic E-state index is 6.20. The first-order valence-electron chi connectivity index (χ1n) is 10.5. The van der Waals surface area contributed by atoms with Crippen molar-refractivity contribution in [3.8, 4) is 0 Å². The van der Waals surface area contributed by atoms with Crippen molar-refractivity contribution in [1.82, 2.24) is 10.2 Å². The second kappa shape index (κ2) is 13.4. The molecule has 28 heavy (non-hydrogen) atoms. The fourth-order valence-electron chi connectivity index (χ4n) is 3.95. The Morgan fingerprint density at radius 3 is 2.71 bits per heavy atom. The summed E-state index contributed by atoms with van der Waals surface area (Å²) in [6.45, 7) is 5.09. The van der Waals surface area contributed by atoms with E-state index in [-0.39, 0.29) is 24.0 Å². The van der Waals surface area contributed by atoms with E-state index in [0.717, 1.165) is 63.1 Å². The molecule has 1 aromatic heterocycles. The van der Waals surface area contributed by atoms with Gasteiger partial charge in [0, 0.05) is 39.8 Å². The number of nitrogens with zero attached hydrogens (tertiary/aromatic N) is 2. The molecular formula is C21H36IN3O3. The van der Waals surface area contributed by atoms with Crippen LogP contribution in [0.5, 0.6) is 0 Å². The predicted molar refractivity (Wildman–Crippen MR) is 123 cm³/mol. The zero-order valence-corrected chi connectivity index (χ0v) is 19.4. The van der Waals surface area contributed by atoms with Crippen molar-refractivity contribution < 1.29 is 13.9 Å². The minimum Gasteiger partial charge on any atom is -0.469 e. The van der Waals surface area contributed by atoms with Gasteiger partial charge in [-0.05, 0) is 43.7 Å². The summed E-state index contributed by atoms with van der Waals surface area (Å²) in [6.07, 6.45) is 10.6. The van der Waals surface area contributed by atoms with E-state index in [2.05, 4.69) is 10.2 Å². The molecule has 6 nitrogen and oxygen atoms in total. The van der Waals surface area contributed by atoms with Crippen LogP contribution in [0.25, 0.3) is 0 Å². The van der Waals surface area contributed by atoms with Gasteiger partial charge in [0.25, 0.3) is 0 Å². The van der Waals surface area contributed by atoms with Crippen molar-refractivity contribution in [2.75, 3.05) is 46.5 Å². The van der Waals surface area contributed by atoms with Crippen molar-refractivity contribution in [1.29, 1.82) is 0 Å². The Hall–Kier alpha value is -0.800. The lowest BCUT2D eigenvalue weighted by Gasteiger charge is -2.34. The highest BCUT2D eigenvalue weighted by atomic mass is 127. The third-order valence-electron chi connectivity index (χ3n) is 5.58. The molecule has 0 radical (unpaired) electrons. The van der Waals surface area contributed by atoms with Gasteiger partial charge in [-0.25, -0.2) is 0 Å². The van der Waals surface area contributed by atoms with Crippen molar-refractivity contribution in [2.24, 2.45) is 10.9 Å². The van der Waals surface area contributed by atoms with Crippen LogP contribution in [-0.2, 0) is 15.9 Å². The van der Waals surface area contributed by atoms with Crippen molar-refractivity contribution in [3.63, 3.8) is 0 Å². The van der Waals surface area contributed by atoms with Gasteiger partial charge in [-0.1, -0.05) is 12.8 Å². The Morgan fingerprint density at radius 1 is 1.25 bits per heavy atom. The number of methoxy groups -OCH3 is 1. The standard InChI is InChI=1S/C21H35N3O3.HI/c1-25-16-12-23-21(22-11-8-19-7-4-15-26-19)24-13-9-20(10-14-24)27-17-18-5-2-3-6-18;/h4,7,15,18,20H,2-3,5-6,8-14,16-17H2,1H3,(H,22,23);1H. The largest absolute Gasteiger partial charge is 0.469 e. The number of aliphatic imine (C=N–C) groups is 1. The van der Waals surface area contributed by atoms with Gasteiger partial charge in [0.2, 0.25) is 0 Å². The number of rotatable bonds is 9. The highest BCUT2D eigenvalue weighted by molar-refractivity contribution is 14.0. The quantitative estimate of drug-likeness (QED) is 0.240. The van der Waals surface area contributed by atoms with E-state index in [1.165, 1.54) is 25.7 Å². The van der Waals surface area contributed by atoms with E-state index < -0.39 is 0 Å². The molecule has 7 heteroatoms. The molecule has 2 aliphatic rings. The van der Waals surface area contributed by atoms with Crippen LogP contribution >= 0.6 is 24.0 Å². The Labute approximate surface area is 186 Å². The number of furan rings is 1. The summed E-state index contributed by atoms with van der Waals surface area (Å²) < 4.78 is 16.8. The van der Waals surface area contributed by atoms with Gasteiger partial charge in [0.1, 0.15) is 5.76 Å². The molecule has 1 N–H and O–H groups in total. The smallest absolute Gasteiger partial charge is 0.194 e. The van der Waals surface area contributed by atoms with Crippen molar-refractivity contribution >= 4 is 29.9 Å². The molecule has 2 heterocycles. The molecule has 0 bridgehead atoms. The molecule has 3 rings (SSSR count). The highest BCUT2D eigenvalue weighted by Gasteiger charge is 2.24. The first-order chi connectivity index (χ1) is 13.3. The molecule has 0 unspecified atom stereocenters. The minimum absolute atomic E-state index is 0. The number of nitrogens with one attached hydrogen (secondary N) is 1. The Balaban J connectivity index is 0.00000280. The molecule has 1 aliphatic carbocycles. The van der Waals surface area contributed by atoms with Gasteiger partial charge in [-0.3, -0.25) is 4.99 Å². The Kier molecular flexibility index (Phi) is 11.3. The summed E-state index contributed by atoms with van der Waals surface area (Å²) in [5, 5.41) is 3.50. The highest BCUT2D eigenvalue weighted by Crippen LogP contribution is 2.26. The number of likely N-dealkylation sites (tertiary alicyclic amines) is 1. The third kappa shape index (κ3) is 7.91. The van der Waals surface area contributed by atoms with Gasteiger partial charge in [0.15, 0.2) is 5.96 Å². The molecule has 160 valence electrons. The normalized spacial score (nSPS) is 19.0. The molecule has 1 saturated carbocycles. The number of guanidine groups is 1. The first-order valence-corrected chi connectivity index (χ1v) is 10.5. The van der Waals surface area contributed by atoms with Crippen LogP contribution in [-0.4, -0.2) is 63.5 Å². The lowest BCUT2D eigenvalue weighted by molar-refractivity contribution is 0.000991. The van der Waals surface area contributed by atoms with Crippen LogP contribution in [0.4, 0.5) is 0 Å². The van der Waals surface area contributed by atoms with Crippen LogP contribution in [0.2, 0.25) is 0 Å². The molecule has 0 spiro atoms. The van der Waals surface area contributed by atoms with Crippen LogP contribution in [0.3, 0.4) is 0 Å². The third-order valence-corrected chi connectivity index (χ3v) is 5.58. The average Bonchev–Trinajstić information content (AvgIpc) is 3.40. The topological polar surface area (TPSA) is 59.2 Å². The fourth-order valence-corrected chi connectivity index (χ4v) is 3.95. The summed E-state index contributed by atoms with van der Waals surface area (Å²) in [7, 11) is 1.71. The van der Waals surface area contributed by atoms with Gasteiger partial charge in [-0.15, -0.1) is 24.0 Å². The summed E-state index contributed by atoms with van der Waals surface area (Å²) in [4.78, 5) is 7.08. The van der Waals surface area contributed by atoms with Gasteiger partial charge in [-0.2, -0.15) is 0 Å². The second-order valence-corrected chi connectivity index (χ2v) is 7.62. The molecule has 0 atom stereocenters. The molecule has 1 aromatic rings. The molecule has 0 amide bonds. The molecule has 1 aliphatic heterocycles. The van der Waals surface area contributed by atoms with Gasteiger partial charge < -0.3 is 24.1 Å². The second-order valence-electron chi connectivity index (χ2n) is 7.62.